The highest BCUT2D eigenvalue weighted by molar-refractivity contribution is 5.76. The molecule has 82 valence electrons. The third kappa shape index (κ3) is 5.66. The number of rotatable bonds is 6. The zero-order valence-corrected chi connectivity index (χ0v) is 8.94. The minimum Gasteiger partial charge on any atom is -0.330 e. The average Bonchev–Trinajstić information content (AvgIpc) is 2.25. The van der Waals surface area contributed by atoms with Crippen molar-refractivity contribution in [1.82, 2.24) is 4.90 Å². The molecule has 0 saturated heterocycles. The molecule has 0 aromatic carbocycles. The minimum atomic E-state index is -0.154. The van der Waals surface area contributed by atoms with Gasteiger partial charge in [-0.25, -0.2) is 0 Å². The monoisotopic (exact) mass is 208 g/mol. The van der Waals surface area contributed by atoms with Crippen LogP contribution in [-0.4, -0.2) is 30.4 Å². The molecule has 0 radical (unpaired) electrons. The summed E-state index contributed by atoms with van der Waals surface area (Å²) in [4.78, 5) is 12.8. The second-order valence-corrected chi connectivity index (χ2v) is 3.45. The zero-order valence-electron chi connectivity index (χ0n) is 8.94. The lowest BCUT2D eigenvalue weighted by atomic mass is 10.1. The Labute approximate surface area is 90.1 Å². The number of hydrogen-bond acceptors (Lipinski definition) is 4. The van der Waals surface area contributed by atoms with Crippen molar-refractivity contribution in [2.24, 2.45) is 11.7 Å². The smallest absolute Gasteiger partial charge is 0.224 e. The van der Waals surface area contributed by atoms with E-state index < -0.39 is 0 Å². The number of nitrogens with two attached hydrogens (primary N) is 1. The molecule has 0 spiro atoms. The number of nitriles is 2. The second kappa shape index (κ2) is 7.78. The van der Waals surface area contributed by atoms with Gasteiger partial charge in [-0.3, -0.25) is 4.79 Å². The van der Waals surface area contributed by atoms with Crippen LogP contribution in [0.4, 0.5) is 0 Å². The van der Waals surface area contributed by atoms with E-state index in [9.17, 15) is 4.79 Å². The van der Waals surface area contributed by atoms with Crippen molar-refractivity contribution in [1.29, 1.82) is 10.5 Å². The van der Waals surface area contributed by atoms with Crippen LogP contribution < -0.4 is 5.73 Å². The number of amides is 1. The normalized spacial score (nSPS) is 11.2. The van der Waals surface area contributed by atoms with E-state index in [1.54, 1.807) is 0 Å². The van der Waals surface area contributed by atoms with Crippen LogP contribution in [0.5, 0.6) is 0 Å². The van der Waals surface area contributed by atoms with E-state index in [0.717, 1.165) is 0 Å². The molecule has 0 heterocycles. The summed E-state index contributed by atoms with van der Waals surface area (Å²) in [5.41, 5.74) is 5.42. The molecule has 15 heavy (non-hydrogen) atoms. The van der Waals surface area contributed by atoms with Gasteiger partial charge in [0.05, 0.1) is 12.1 Å². The van der Waals surface area contributed by atoms with Crippen molar-refractivity contribution in [3.8, 4) is 12.1 Å². The molecule has 1 amide bonds. The number of carbonyl (C=O) groups excluding carboxylic acids is 1. The van der Waals surface area contributed by atoms with E-state index in [0.29, 0.717) is 25.3 Å². The summed E-state index contributed by atoms with van der Waals surface area (Å²) in [5.74, 6) is 0.137. The Bertz CT molecular complexity index is 260. The van der Waals surface area contributed by atoms with Crippen LogP contribution >= 0.6 is 0 Å². The summed E-state index contributed by atoms with van der Waals surface area (Å²) in [7, 11) is 0. The van der Waals surface area contributed by atoms with E-state index in [1.807, 2.05) is 19.1 Å². The van der Waals surface area contributed by atoms with Crippen LogP contribution in [0.15, 0.2) is 0 Å². The van der Waals surface area contributed by atoms with Crippen molar-refractivity contribution in [2.75, 3.05) is 19.6 Å². The van der Waals surface area contributed by atoms with E-state index in [1.165, 1.54) is 4.90 Å². The van der Waals surface area contributed by atoms with Crippen LogP contribution in [0, 0.1) is 28.6 Å². The first-order chi connectivity index (χ1) is 7.15. The van der Waals surface area contributed by atoms with Gasteiger partial charge in [-0.1, -0.05) is 6.92 Å². The van der Waals surface area contributed by atoms with Crippen molar-refractivity contribution in [3.63, 3.8) is 0 Å². The third-order valence-corrected chi connectivity index (χ3v) is 2.13. The molecule has 0 aromatic heterocycles. The first-order valence-corrected chi connectivity index (χ1v) is 4.87. The molecule has 0 saturated carbocycles. The van der Waals surface area contributed by atoms with Gasteiger partial charge in [0.15, 0.2) is 0 Å². The first kappa shape index (κ1) is 13.4. The summed E-state index contributed by atoms with van der Waals surface area (Å²) >= 11 is 0. The summed E-state index contributed by atoms with van der Waals surface area (Å²) in [6.07, 6.45) is 1.05. The van der Waals surface area contributed by atoms with Crippen molar-refractivity contribution in [2.45, 2.75) is 19.8 Å². The standard InChI is InChI=1S/C10H16N4O/c1-9(8-13)2-3-10(15)14(6-4-11)7-5-12/h9H,2-3,6-8,13H2,1H3. The Kier molecular flexibility index (Phi) is 6.96. The highest BCUT2D eigenvalue weighted by Crippen LogP contribution is 2.05. The fourth-order valence-corrected chi connectivity index (χ4v) is 1.05. The van der Waals surface area contributed by atoms with Gasteiger partial charge in [-0.15, -0.1) is 0 Å². The van der Waals surface area contributed by atoms with E-state index in [4.69, 9.17) is 16.3 Å². The lowest BCUT2D eigenvalue weighted by Gasteiger charge is -2.16. The molecular weight excluding hydrogens is 192 g/mol. The number of carbonyl (C=O) groups is 1. The minimum absolute atomic E-state index is 0.0244. The molecule has 2 N–H and O–H groups in total. The molecule has 0 aliphatic heterocycles. The Balaban J connectivity index is 4.04. The molecule has 0 rings (SSSR count). The quantitative estimate of drug-likeness (QED) is 0.632. The number of hydrogen-bond donors (Lipinski definition) is 1. The molecule has 5 heteroatoms. The molecule has 5 nitrogen and oxygen atoms in total. The fourth-order valence-electron chi connectivity index (χ4n) is 1.05. The van der Waals surface area contributed by atoms with Gasteiger partial charge in [0, 0.05) is 6.42 Å². The van der Waals surface area contributed by atoms with Crippen LogP contribution in [0.2, 0.25) is 0 Å². The van der Waals surface area contributed by atoms with Gasteiger partial charge in [-0.2, -0.15) is 10.5 Å². The lowest BCUT2D eigenvalue weighted by Crippen LogP contribution is -2.32. The van der Waals surface area contributed by atoms with Gasteiger partial charge in [0.25, 0.3) is 0 Å². The summed E-state index contributed by atoms with van der Waals surface area (Å²) in [5, 5.41) is 16.9. The second-order valence-electron chi connectivity index (χ2n) is 3.45. The van der Waals surface area contributed by atoms with Crippen LogP contribution in [0.1, 0.15) is 19.8 Å². The van der Waals surface area contributed by atoms with Crippen molar-refractivity contribution >= 4 is 5.91 Å². The van der Waals surface area contributed by atoms with Gasteiger partial charge in [0.2, 0.25) is 5.91 Å². The predicted molar refractivity (Wildman–Crippen MR) is 55.3 cm³/mol. The van der Waals surface area contributed by atoms with Gasteiger partial charge in [0.1, 0.15) is 13.1 Å². The Morgan fingerprint density at radius 1 is 1.40 bits per heavy atom. The Morgan fingerprint density at radius 2 is 1.93 bits per heavy atom. The predicted octanol–water partition coefficient (Wildman–Crippen LogP) is 0.237. The average molecular weight is 208 g/mol. The first-order valence-electron chi connectivity index (χ1n) is 4.87. The largest absolute Gasteiger partial charge is 0.330 e. The molecule has 0 aliphatic carbocycles. The fraction of sp³-hybridized carbons (Fsp3) is 0.700. The number of nitrogens with zero attached hydrogens (tertiary/aromatic N) is 3. The SMILES string of the molecule is CC(CN)CCC(=O)N(CC#N)CC#N. The van der Waals surface area contributed by atoms with Crippen molar-refractivity contribution in [3.05, 3.63) is 0 Å². The van der Waals surface area contributed by atoms with E-state index >= 15 is 0 Å². The molecule has 1 atom stereocenters. The molecule has 0 fully saturated rings. The Morgan fingerprint density at radius 3 is 2.33 bits per heavy atom. The van der Waals surface area contributed by atoms with E-state index in [2.05, 4.69) is 0 Å². The lowest BCUT2D eigenvalue weighted by molar-refractivity contribution is -0.130. The van der Waals surface area contributed by atoms with Gasteiger partial charge < -0.3 is 10.6 Å². The maximum absolute atomic E-state index is 11.5. The Hall–Kier alpha value is -1.59. The van der Waals surface area contributed by atoms with Crippen LogP contribution in [-0.2, 0) is 4.79 Å². The molecule has 0 bridgehead atoms. The summed E-state index contributed by atoms with van der Waals surface area (Å²) in [6.45, 7) is 2.46. The van der Waals surface area contributed by atoms with Gasteiger partial charge in [-0.05, 0) is 18.9 Å². The maximum Gasteiger partial charge on any atom is 0.224 e. The maximum atomic E-state index is 11.5. The third-order valence-electron chi connectivity index (χ3n) is 2.13. The molecule has 0 aliphatic rings. The highest BCUT2D eigenvalue weighted by atomic mass is 16.2. The van der Waals surface area contributed by atoms with E-state index in [-0.39, 0.29) is 19.0 Å². The van der Waals surface area contributed by atoms with Crippen LogP contribution in [0.25, 0.3) is 0 Å². The molecule has 1 unspecified atom stereocenters. The van der Waals surface area contributed by atoms with Gasteiger partial charge >= 0.3 is 0 Å². The van der Waals surface area contributed by atoms with Crippen molar-refractivity contribution < 1.29 is 4.79 Å². The topological polar surface area (TPSA) is 93.9 Å². The molecule has 0 aromatic rings. The summed E-state index contributed by atoms with van der Waals surface area (Å²) < 4.78 is 0. The highest BCUT2D eigenvalue weighted by Gasteiger charge is 2.13. The van der Waals surface area contributed by atoms with Crippen LogP contribution in [0.3, 0.4) is 0 Å². The molecular formula is C10H16N4O. The summed E-state index contributed by atoms with van der Waals surface area (Å²) in [6, 6.07) is 3.73. The zero-order chi connectivity index (χ0) is 11.7.